The summed E-state index contributed by atoms with van der Waals surface area (Å²) in [5.74, 6) is 0.950. The van der Waals surface area contributed by atoms with E-state index in [2.05, 4.69) is 31.3 Å². The van der Waals surface area contributed by atoms with Crippen LogP contribution >= 0.6 is 0 Å². The molecule has 0 spiro atoms. The fraction of sp³-hybridized carbons (Fsp3) is 0.278. The number of benzene rings is 2. The van der Waals surface area contributed by atoms with Gasteiger partial charge in [-0.05, 0) is 37.6 Å². The summed E-state index contributed by atoms with van der Waals surface area (Å²) in [6.07, 6.45) is 0. The van der Waals surface area contributed by atoms with E-state index in [4.69, 9.17) is 10.00 Å². The summed E-state index contributed by atoms with van der Waals surface area (Å²) in [5, 5.41) is 12.5. The summed E-state index contributed by atoms with van der Waals surface area (Å²) in [5.41, 5.74) is 2.71. The molecule has 3 rings (SSSR count). The maximum atomic E-state index is 8.96. The van der Waals surface area contributed by atoms with Crippen LogP contribution in [0.4, 0.5) is 0 Å². The number of ether oxygens (including phenoxy) is 1. The third-order valence-electron chi connectivity index (χ3n) is 3.86. The van der Waals surface area contributed by atoms with Gasteiger partial charge in [-0.2, -0.15) is 5.26 Å². The lowest BCUT2D eigenvalue weighted by Crippen LogP contribution is -2.38. The Balaban J connectivity index is 1.79. The molecule has 106 valence electrons. The van der Waals surface area contributed by atoms with Crippen molar-refractivity contribution in [2.45, 2.75) is 32.0 Å². The first-order valence-electron chi connectivity index (χ1n) is 7.10. The van der Waals surface area contributed by atoms with Crippen molar-refractivity contribution in [1.82, 2.24) is 5.32 Å². The minimum atomic E-state index is -0.281. The molecule has 0 saturated heterocycles. The van der Waals surface area contributed by atoms with Gasteiger partial charge in [0.2, 0.25) is 0 Å². The highest BCUT2D eigenvalue weighted by molar-refractivity contribution is 5.42. The molecule has 1 heterocycles. The van der Waals surface area contributed by atoms with Crippen LogP contribution in [0.3, 0.4) is 0 Å². The lowest BCUT2D eigenvalue weighted by molar-refractivity contribution is 0.0958. The Morgan fingerprint density at radius 1 is 1.19 bits per heavy atom. The highest BCUT2D eigenvalue weighted by Crippen LogP contribution is 2.42. The molecule has 0 radical (unpaired) electrons. The molecule has 1 aliphatic rings. The quantitative estimate of drug-likeness (QED) is 0.933. The summed E-state index contributed by atoms with van der Waals surface area (Å²) in [6, 6.07) is 18.1. The highest BCUT2D eigenvalue weighted by atomic mass is 16.5. The maximum Gasteiger partial charge on any atom is 0.125 e. The monoisotopic (exact) mass is 278 g/mol. The van der Waals surface area contributed by atoms with Crippen LogP contribution in [0.15, 0.2) is 48.5 Å². The number of hydrogen-bond donors (Lipinski definition) is 1. The van der Waals surface area contributed by atoms with Gasteiger partial charge in [0.25, 0.3) is 0 Å². The largest absolute Gasteiger partial charge is 0.486 e. The van der Waals surface area contributed by atoms with Crippen molar-refractivity contribution >= 4 is 0 Å². The summed E-state index contributed by atoms with van der Waals surface area (Å²) in [7, 11) is 0. The highest BCUT2D eigenvalue weighted by Gasteiger charge is 2.40. The van der Waals surface area contributed by atoms with Crippen LogP contribution in [0, 0.1) is 11.3 Å². The molecule has 3 nitrogen and oxygen atoms in total. The standard InChI is InChI=1S/C18H18N2O/c1-18(2)17(15-8-3-4-9-16(15)21-18)20-12-14-7-5-6-13(10-14)11-19/h3-10,17,20H,12H2,1-2H3. The van der Waals surface area contributed by atoms with Gasteiger partial charge >= 0.3 is 0 Å². The first kappa shape index (κ1) is 13.7. The molecule has 1 atom stereocenters. The van der Waals surface area contributed by atoms with Crippen molar-refractivity contribution in [2.75, 3.05) is 0 Å². The average molecular weight is 278 g/mol. The Hall–Kier alpha value is -2.31. The molecule has 1 N–H and O–H groups in total. The summed E-state index contributed by atoms with van der Waals surface area (Å²) in [6.45, 7) is 4.90. The predicted octanol–water partition coefficient (Wildman–Crippen LogP) is 3.56. The van der Waals surface area contributed by atoms with Gasteiger partial charge in [-0.15, -0.1) is 0 Å². The van der Waals surface area contributed by atoms with E-state index in [9.17, 15) is 0 Å². The number of fused-ring (bicyclic) bond motifs is 1. The number of nitriles is 1. The molecule has 0 amide bonds. The molecular weight excluding hydrogens is 260 g/mol. The van der Waals surface area contributed by atoms with Crippen LogP contribution in [-0.4, -0.2) is 5.60 Å². The third kappa shape index (κ3) is 2.63. The van der Waals surface area contributed by atoms with Crippen LogP contribution in [0.2, 0.25) is 0 Å². The number of rotatable bonds is 3. The van der Waals surface area contributed by atoms with Gasteiger partial charge in [-0.1, -0.05) is 30.3 Å². The van der Waals surface area contributed by atoms with Crippen molar-refractivity contribution < 1.29 is 4.74 Å². The van der Waals surface area contributed by atoms with E-state index in [1.165, 1.54) is 5.56 Å². The van der Waals surface area contributed by atoms with E-state index in [1.807, 2.05) is 42.5 Å². The molecule has 21 heavy (non-hydrogen) atoms. The molecule has 1 unspecified atom stereocenters. The van der Waals surface area contributed by atoms with E-state index >= 15 is 0 Å². The fourth-order valence-corrected chi connectivity index (χ4v) is 2.86. The number of nitrogens with one attached hydrogen (secondary N) is 1. The van der Waals surface area contributed by atoms with Crippen LogP contribution in [-0.2, 0) is 6.54 Å². The molecule has 0 aliphatic carbocycles. The summed E-state index contributed by atoms with van der Waals surface area (Å²) in [4.78, 5) is 0. The fourth-order valence-electron chi connectivity index (χ4n) is 2.86. The van der Waals surface area contributed by atoms with Crippen LogP contribution in [0.1, 0.15) is 36.6 Å². The van der Waals surface area contributed by atoms with Crippen LogP contribution in [0.5, 0.6) is 5.75 Å². The molecule has 2 aromatic rings. The minimum absolute atomic E-state index is 0.138. The minimum Gasteiger partial charge on any atom is -0.486 e. The normalized spacial score (nSPS) is 18.6. The van der Waals surface area contributed by atoms with Gasteiger partial charge in [0.1, 0.15) is 11.4 Å². The molecule has 0 bridgehead atoms. The lowest BCUT2D eigenvalue weighted by atomic mass is 9.94. The Bertz CT molecular complexity index is 700. The summed E-state index contributed by atoms with van der Waals surface area (Å²) >= 11 is 0. The topological polar surface area (TPSA) is 45.0 Å². The summed E-state index contributed by atoms with van der Waals surface area (Å²) < 4.78 is 6.03. The Morgan fingerprint density at radius 3 is 2.81 bits per heavy atom. The van der Waals surface area contributed by atoms with Gasteiger partial charge in [0.05, 0.1) is 17.7 Å². The average Bonchev–Trinajstić information content (AvgIpc) is 2.75. The second-order valence-corrected chi connectivity index (χ2v) is 5.87. The van der Waals surface area contributed by atoms with Crippen molar-refractivity contribution in [3.8, 4) is 11.8 Å². The SMILES string of the molecule is CC1(C)Oc2ccccc2C1NCc1cccc(C#N)c1. The first-order chi connectivity index (χ1) is 10.1. The van der Waals surface area contributed by atoms with Crippen molar-refractivity contribution in [3.05, 3.63) is 65.2 Å². The van der Waals surface area contributed by atoms with Gasteiger partial charge in [0.15, 0.2) is 0 Å². The van der Waals surface area contributed by atoms with Crippen molar-refractivity contribution in [3.63, 3.8) is 0 Å². The number of hydrogen-bond acceptors (Lipinski definition) is 3. The molecule has 1 aliphatic heterocycles. The zero-order chi connectivity index (χ0) is 14.9. The molecule has 0 fully saturated rings. The van der Waals surface area contributed by atoms with Gasteiger partial charge in [-0.3, -0.25) is 0 Å². The first-order valence-corrected chi connectivity index (χ1v) is 7.10. The van der Waals surface area contributed by atoms with Gasteiger partial charge in [0, 0.05) is 12.1 Å². The third-order valence-corrected chi connectivity index (χ3v) is 3.86. The van der Waals surface area contributed by atoms with Crippen molar-refractivity contribution in [2.24, 2.45) is 0 Å². The van der Waals surface area contributed by atoms with E-state index in [-0.39, 0.29) is 11.6 Å². The van der Waals surface area contributed by atoms with E-state index in [0.717, 1.165) is 11.3 Å². The zero-order valence-corrected chi connectivity index (χ0v) is 12.3. The van der Waals surface area contributed by atoms with Gasteiger partial charge < -0.3 is 10.1 Å². The maximum absolute atomic E-state index is 8.96. The van der Waals surface area contributed by atoms with Crippen LogP contribution in [0.25, 0.3) is 0 Å². The second kappa shape index (κ2) is 5.23. The second-order valence-electron chi connectivity index (χ2n) is 5.87. The molecular formula is C18H18N2O. The molecule has 0 aromatic heterocycles. The molecule has 3 heteroatoms. The number of para-hydroxylation sites is 1. The lowest BCUT2D eigenvalue weighted by Gasteiger charge is -2.27. The predicted molar refractivity (Wildman–Crippen MR) is 81.9 cm³/mol. The number of nitrogens with zero attached hydrogens (tertiary/aromatic N) is 1. The Labute approximate surface area is 125 Å². The Kier molecular flexibility index (Phi) is 3.40. The smallest absolute Gasteiger partial charge is 0.125 e. The van der Waals surface area contributed by atoms with Gasteiger partial charge in [-0.25, -0.2) is 0 Å². The van der Waals surface area contributed by atoms with E-state index < -0.39 is 0 Å². The zero-order valence-electron chi connectivity index (χ0n) is 12.3. The molecule has 0 saturated carbocycles. The Morgan fingerprint density at radius 2 is 2.00 bits per heavy atom. The van der Waals surface area contributed by atoms with Crippen LogP contribution < -0.4 is 10.1 Å². The molecule has 2 aromatic carbocycles. The van der Waals surface area contributed by atoms with E-state index in [0.29, 0.717) is 12.1 Å². The van der Waals surface area contributed by atoms with Crippen molar-refractivity contribution in [1.29, 1.82) is 5.26 Å². The van der Waals surface area contributed by atoms with E-state index in [1.54, 1.807) is 0 Å².